The van der Waals surface area contributed by atoms with Gasteiger partial charge in [0.1, 0.15) is 0 Å². The van der Waals surface area contributed by atoms with Gasteiger partial charge in [0.2, 0.25) is 0 Å². The molecule has 0 amide bonds. The molecule has 0 aromatic carbocycles. The molecule has 0 aromatic rings. The Morgan fingerprint density at radius 1 is 1.57 bits per heavy atom. The van der Waals surface area contributed by atoms with E-state index in [0.29, 0.717) is 12.1 Å². The third kappa shape index (κ3) is 3.14. The van der Waals surface area contributed by atoms with Gasteiger partial charge < -0.3 is 10.4 Å². The lowest BCUT2D eigenvalue weighted by Crippen LogP contribution is -2.41. The standard InChI is InChI=1S/C11H19NO2/c1-8(10(13)14)6-7-12-11(2,3)9-4-5-9/h6,9,12H,4-5,7H2,1-3H3,(H,13,14). The molecule has 0 saturated heterocycles. The van der Waals surface area contributed by atoms with Crippen LogP contribution in [-0.4, -0.2) is 23.2 Å². The Labute approximate surface area is 85.2 Å². The molecule has 0 bridgehead atoms. The quantitative estimate of drug-likeness (QED) is 0.661. The predicted molar refractivity (Wildman–Crippen MR) is 56.2 cm³/mol. The number of hydrogen-bond donors (Lipinski definition) is 2. The molecule has 2 N–H and O–H groups in total. The van der Waals surface area contributed by atoms with E-state index >= 15 is 0 Å². The fourth-order valence-corrected chi connectivity index (χ4v) is 1.50. The number of rotatable bonds is 5. The zero-order valence-corrected chi connectivity index (χ0v) is 9.13. The Balaban J connectivity index is 2.33. The first-order chi connectivity index (χ1) is 6.43. The van der Waals surface area contributed by atoms with Crippen molar-refractivity contribution >= 4 is 5.97 Å². The number of carboxylic acids is 1. The summed E-state index contributed by atoms with van der Waals surface area (Å²) in [5, 5.41) is 12.0. The van der Waals surface area contributed by atoms with Crippen LogP contribution in [0.1, 0.15) is 33.6 Å². The smallest absolute Gasteiger partial charge is 0.330 e. The molecule has 0 heterocycles. The lowest BCUT2D eigenvalue weighted by molar-refractivity contribution is -0.132. The summed E-state index contributed by atoms with van der Waals surface area (Å²) in [4.78, 5) is 10.5. The van der Waals surface area contributed by atoms with E-state index in [2.05, 4.69) is 19.2 Å². The van der Waals surface area contributed by atoms with E-state index in [-0.39, 0.29) is 5.54 Å². The summed E-state index contributed by atoms with van der Waals surface area (Å²) < 4.78 is 0. The minimum Gasteiger partial charge on any atom is -0.478 e. The Hall–Kier alpha value is -0.830. The normalized spacial score (nSPS) is 18.4. The van der Waals surface area contributed by atoms with E-state index in [0.717, 1.165) is 5.92 Å². The van der Waals surface area contributed by atoms with Crippen molar-refractivity contribution in [3.63, 3.8) is 0 Å². The molecule has 0 spiro atoms. The molecule has 0 radical (unpaired) electrons. The first kappa shape index (κ1) is 11.2. The summed E-state index contributed by atoms with van der Waals surface area (Å²) in [6.07, 6.45) is 4.32. The van der Waals surface area contributed by atoms with Gasteiger partial charge in [0.15, 0.2) is 0 Å². The molecule has 1 fully saturated rings. The van der Waals surface area contributed by atoms with Crippen LogP contribution in [0.3, 0.4) is 0 Å². The van der Waals surface area contributed by atoms with Crippen LogP contribution in [0.15, 0.2) is 11.6 Å². The Morgan fingerprint density at radius 2 is 2.14 bits per heavy atom. The van der Waals surface area contributed by atoms with Gasteiger partial charge in [-0.25, -0.2) is 4.79 Å². The van der Waals surface area contributed by atoms with Crippen LogP contribution in [-0.2, 0) is 4.79 Å². The second-order valence-corrected chi connectivity index (χ2v) is 4.57. The van der Waals surface area contributed by atoms with Gasteiger partial charge in [-0.15, -0.1) is 0 Å². The highest BCUT2D eigenvalue weighted by molar-refractivity contribution is 5.85. The van der Waals surface area contributed by atoms with E-state index in [9.17, 15) is 4.79 Å². The fraction of sp³-hybridized carbons (Fsp3) is 0.727. The Bertz CT molecular complexity index is 252. The second-order valence-electron chi connectivity index (χ2n) is 4.57. The largest absolute Gasteiger partial charge is 0.478 e. The highest BCUT2D eigenvalue weighted by atomic mass is 16.4. The van der Waals surface area contributed by atoms with Crippen LogP contribution in [0, 0.1) is 5.92 Å². The minimum absolute atomic E-state index is 0.148. The topological polar surface area (TPSA) is 49.3 Å². The highest BCUT2D eigenvalue weighted by Gasteiger charge is 2.36. The van der Waals surface area contributed by atoms with Crippen LogP contribution in [0.4, 0.5) is 0 Å². The highest BCUT2D eigenvalue weighted by Crippen LogP contribution is 2.38. The Kier molecular flexibility index (Phi) is 3.32. The number of carboxylic acid groups (broad SMARTS) is 1. The van der Waals surface area contributed by atoms with Crippen LogP contribution in [0.25, 0.3) is 0 Å². The van der Waals surface area contributed by atoms with Crippen molar-refractivity contribution in [2.45, 2.75) is 39.2 Å². The van der Waals surface area contributed by atoms with Crippen molar-refractivity contribution < 1.29 is 9.90 Å². The molecule has 1 aliphatic carbocycles. The molecule has 1 saturated carbocycles. The molecule has 14 heavy (non-hydrogen) atoms. The number of nitrogens with one attached hydrogen (secondary N) is 1. The summed E-state index contributed by atoms with van der Waals surface area (Å²) in [7, 11) is 0. The number of hydrogen-bond acceptors (Lipinski definition) is 2. The molecule has 0 aliphatic heterocycles. The van der Waals surface area contributed by atoms with Gasteiger partial charge >= 0.3 is 5.97 Å². The van der Waals surface area contributed by atoms with E-state index in [1.807, 2.05) is 0 Å². The molecule has 0 atom stereocenters. The molecule has 0 aromatic heterocycles. The van der Waals surface area contributed by atoms with Gasteiger partial charge in [-0.1, -0.05) is 6.08 Å². The fourth-order valence-electron chi connectivity index (χ4n) is 1.50. The minimum atomic E-state index is -0.837. The first-order valence-corrected chi connectivity index (χ1v) is 5.08. The van der Waals surface area contributed by atoms with Crippen LogP contribution < -0.4 is 5.32 Å². The van der Waals surface area contributed by atoms with E-state index < -0.39 is 5.97 Å². The van der Waals surface area contributed by atoms with Crippen molar-refractivity contribution in [3.05, 3.63) is 11.6 Å². The van der Waals surface area contributed by atoms with Gasteiger partial charge in [-0.2, -0.15) is 0 Å². The van der Waals surface area contributed by atoms with E-state index in [1.165, 1.54) is 12.8 Å². The maximum absolute atomic E-state index is 10.5. The molecular formula is C11H19NO2. The average Bonchev–Trinajstić information content (AvgIpc) is 2.85. The van der Waals surface area contributed by atoms with Gasteiger partial charge in [0.25, 0.3) is 0 Å². The maximum Gasteiger partial charge on any atom is 0.330 e. The Morgan fingerprint density at radius 3 is 2.57 bits per heavy atom. The van der Waals surface area contributed by atoms with Crippen molar-refractivity contribution in [2.24, 2.45) is 5.92 Å². The average molecular weight is 197 g/mol. The van der Waals surface area contributed by atoms with Crippen molar-refractivity contribution in [2.75, 3.05) is 6.54 Å². The maximum atomic E-state index is 10.5. The summed E-state index contributed by atoms with van der Waals surface area (Å²) >= 11 is 0. The van der Waals surface area contributed by atoms with E-state index in [4.69, 9.17) is 5.11 Å². The van der Waals surface area contributed by atoms with Crippen LogP contribution in [0.5, 0.6) is 0 Å². The lowest BCUT2D eigenvalue weighted by atomic mass is 9.99. The molecule has 1 aliphatic rings. The third-order valence-electron chi connectivity index (χ3n) is 2.90. The molecule has 1 rings (SSSR count). The predicted octanol–water partition coefficient (Wildman–Crippen LogP) is 1.80. The second kappa shape index (κ2) is 4.13. The van der Waals surface area contributed by atoms with Gasteiger partial charge in [0, 0.05) is 17.7 Å². The molecular weight excluding hydrogens is 178 g/mol. The van der Waals surface area contributed by atoms with Gasteiger partial charge in [-0.3, -0.25) is 0 Å². The van der Waals surface area contributed by atoms with Crippen molar-refractivity contribution in [1.82, 2.24) is 5.32 Å². The van der Waals surface area contributed by atoms with E-state index in [1.54, 1.807) is 13.0 Å². The molecule has 80 valence electrons. The third-order valence-corrected chi connectivity index (χ3v) is 2.90. The van der Waals surface area contributed by atoms with Crippen LogP contribution in [0.2, 0.25) is 0 Å². The monoisotopic (exact) mass is 197 g/mol. The number of carbonyl (C=O) groups is 1. The molecule has 3 heteroatoms. The zero-order valence-electron chi connectivity index (χ0n) is 9.13. The number of aliphatic carboxylic acids is 1. The van der Waals surface area contributed by atoms with Gasteiger partial charge in [-0.05, 0) is 39.5 Å². The van der Waals surface area contributed by atoms with Gasteiger partial charge in [0.05, 0.1) is 0 Å². The summed E-state index contributed by atoms with van der Waals surface area (Å²) in [6, 6.07) is 0. The van der Waals surface area contributed by atoms with Crippen LogP contribution >= 0.6 is 0 Å². The van der Waals surface area contributed by atoms with Crippen molar-refractivity contribution in [1.29, 1.82) is 0 Å². The first-order valence-electron chi connectivity index (χ1n) is 5.08. The summed E-state index contributed by atoms with van der Waals surface area (Å²) in [5.74, 6) is -0.0722. The zero-order chi connectivity index (χ0) is 10.8. The molecule has 0 unspecified atom stereocenters. The molecule has 3 nitrogen and oxygen atoms in total. The summed E-state index contributed by atoms with van der Waals surface area (Å²) in [5.41, 5.74) is 0.555. The lowest BCUT2D eigenvalue weighted by Gasteiger charge is -2.25. The van der Waals surface area contributed by atoms with Crippen molar-refractivity contribution in [3.8, 4) is 0 Å². The summed E-state index contributed by atoms with van der Waals surface area (Å²) in [6.45, 7) is 6.61. The SMILES string of the molecule is CC(=CCNC(C)(C)C1CC1)C(=O)O.